The Hall–Kier alpha value is -1.37. The number of hydrogen-bond acceptors (Lipinski definition) is 5. The molecule has 0 aromatic rings. The average Bonchev–Trinajstić information content (AvgIpc) is 2.84. The second-order valence-electron chi connectivity index (χ2n) is 9.80. The molecule has 3 fully saturated rings. The molecule has 0 heterocycles. The van der Waals surface area contributed by atoms with Crippen LogP contribution in [-0.2, 0) is 9.59 Å². The smallest absolute Gasteiger partial charge is 0.178 e. The molecule has 0 bridgehead atoms. The third kappa shape index (κ3) is 2.01. The number of aliphatic hydroxyl groups is 2. The number of carbonyl (C=O) groups excluding carboxylic acids is 2. The van der Waals surface area contributed by atoms with Crippen molar-refractivity contribution in [2.75, 3.05) is 6.54 Å². The number of carbonyl (C=O) groups is 2. The van der Waals surface area contributed by atoms with Crippen molar-refractivity contribution in [2.45, 2.75) is 63.8 Å². The first kappa shape index (κ1) is 19.9. The van der Waals surface area contributed by atoms with Gasteiger partial charge in [-0.05, 0) is 56.6 Å². The predicted octanol–water partition coefficient (Wildman–Crippen LogP) is 1.86. The first-order valence-electron chi connectivity index (χ1n) is 10.2. The summed E-state index contributed by atoms with van der Waals surface area (Å²) in [5.74, 6) is -1.71. The van der Waals surface area contributed by atoms with Gasteiger partial charge in [0.25, 0.3) is 0 Å². The third-order valence-corrected chi connectivity index (χ3v) is 8.83. The monoisotopic (exact) mass is 391 g/mol. The van der Waals surface area contributed by atoms with E-state index in [0.717, 1.165) is 5.57 Å². The fraction of sp³-hybridized carbons (Fsp3) is 0.727. The van der Waals surface area contributed by atoms with E-state index < -0.39 is 39.9 Å². The van der Waals surface area contributed by atoms with Crippen molar-refractivity contribution in [3.8, 4) is 0 Å². The molecule has 6 heteroatoms. The van der Waals surface area contributed by atoms with Gasteiger partial charge < -0.3 is 15.9 Å². The Bertz CT molecular complexity index is 808. The van der Waals surface area contributed by atoms with Gasteiger partial charge in [-0.25, -0.2) is 4.39 Å². The lowest BCUT2D eigenvalue weighted by molar-refractivity contribution is -0.218. The van der Waals surface area contributed by atoms with E-state index >= 15 is 4.39 Å². The molecule has 0 aromatic carbocycles. The van der Waals surface area contributed by atoms with E-state index in [1.807, 2.05) is 13.8 Å². The predicted molar refractivity (Wildman–Crippen MR) is 102 cm³/mol. The van der Waals surface area contributed by atoms with E-state index in [-0.39, 0.29) is 30.6 Å². The Balaban J connectivity index is 1.84. The van der Waals surface area contributed by atoms with Crippen LogP contribution in [0.2, 0.25) is 0 Å². The molecule has 5 nitrogen and oxygen atoms in total. The van der Waals surface area contributed by atoms with Crippen molar-refractivity contribution in [1.82, 2.24) is 0 Å². The molecule has 0 radical (unpaired) electrons. The van der Waals surface area contributed by atoms with Crippen molar-refractivity contribution in [3.05, 3.63) is 23.8 Å². The number of rotatable bonds is 2. The summed E-state index contributed by atoms with van der Waals surface area (Å²) in [6.45, 7) is 5.11. The van der Waals surface area contributed by atoms with E-state index in [9.17, 15) is 19.8 Å². The molecule has 0 aliphatic heterocycles. The minimum absolute atomic E-state index is 0.0120. The normalized spacial score (nSPS) is 52.5. The Morgan fingerprint density at radius 2 is 2.04 bits per heavy atom. The fourth-order valence-corrected chi connectivity index (χ4v) is 7.30. The molecular formula is C22H30FNO4. The van der Waals surface area contributed by atoms with Crippen LogP contribution in [0.1, 0.15) is 46.5 Å². The molecule has 3 saturated carbocycles. The number of hydrogen-bond donors (Lipinski definition) is 3. The number of fused-ring (bicyclic) bond motifs is 5. The lowest BCUT2D eigenvalue weighted by atomic mass is 9.44. The molecule has 4 aliphatic rings. The quantitative estimate of drug-likeness (QED) is 0.667. The first-order chi connectivity index (χ1) is 13.0. The third-order valence-electron chi connectivity index (χ3n) is 8.83. The molecule has 0 amide bonds. The van der Waals surface area contributed by atoms with Crippen LogP contribution >= 0.6 is 0 Å². The van der Waals surface area contributed by atoms with E-state index in [0.29, 0.717) is 19.3 Å². The molecule has 0 spiro atoms. The molecule has 28 heavy (non-hydrogen) atoms. The number of nitrogens with two attached hydrogens (primary N) is 1. The molecule has 3 unspecified atom stereocenters. The van der Waals surface area contributed by atoms with Gasteiger partial charge in [0.05, 0.1) is 12.6 Å². The average molecular weight is 391 g/mol. The molecule has 0 saturated heterocycles. The molecular weight excluding hydrogens is 361 g/mol. The first-order valence-corrected chi connectivity index (χ1v) is 10.2. The number of Topliss-reactive ketones (excluding diaryl/α,β-unsaturated/α-hetero) is 1. The number of aliphatic hydroxyl groups excluding tert-OH is 1. The summed E-state index contributed by atoms with van der Waals surface area (Å²) in [5.41, 5.74) is 0.711. The highest BCUT2D eigenvalue weighted by molar-refractivity contribution is 6.01. The number of allylic oxidation sites excluding steroid dienone is 4. The van der Waals surface area contributed by atoms with E-state index in [4.69, 9.17) is 5.73 Å². The van der Waals surface area contributed by atoms with Crippen LogP contribution in [0.4, 0.5) is 4.39 Å². The van der Waals surface area contributed by atoms with Gasteiger partial charge in [-0.1, -0.05) is 25.5 Å². The zero-order chi connectivity index (χ0) is 20.7. The molecule has 4 aliphatic carbocycles. The van der Waals surface area contributed by atoms with Gasteiger partial charge in [0.2, 0.25) is 0 Å². The van der Waals surface area contributed by atoms with Gasteiger partial charge in [-0.2, -0.15) is 0 Å². The highest BCUT2D eigenvalue weighted by atomic mass is 19.1. The highest BCUT2D eigenvalue weighted by Gasteiger charge is 2.75. The maximum Gasteiger partial charge on any atom is 0.178 e. The van der Waals surface area contributed by atoms with Crippen LogP contribution in [0, 0.1) is 28.6 Å². The summed E-state index contributed by atoms with van der Waals surface area (Å²) in [6.07, 6.45) is 4.70. The standard InChI is InChI=1S/C22H30FNO4/c1-12-8-16-15-5-4-13-9-14(25)6-7-19(13,2)21(15,23)17(26)10-20(16,3)22(12,28)18(27)11-24/h6-7,9,12,15-17,26,28H,4-5,8,10-11,24H2,1-3H3/t12?,15-,16-,17?,19-,20-,21?,22-/m0/s1. The largest absolute Gasteiger partial charge is 0.390 e. The number of alkyl halides is 1. The summed E-state index contributed by atoms with van der Waals surface area (Å²) in [6, 6.07) is 0. The van der Waals surface area contributed by atoms with Crippen molar-refractivity contribution >= 4 is 11.6 Å². The van der Waals surface area contributed by atoms with Gasteiger partial charge >= 0.3 is 0 Å². The molecule has 4 N–H and O–H groups in total. The Labute approximate surface area is 164 Å². The summed E-state index contributed by atoms with van der Waals surface area (Å²) in [4.78, 5) is 24.5. The van der Waals surface area contributed by atoms with Crippen LogP contribution in [0.5, 0.6) is 0 Å². The number of ketones is 2. The zero-order valence-corrected chi connectivity index (χ0v) is 16.7. The van der Waals surface area contributed by atoms with Crippen molar-refractivity contribution in [2.24, 2.45) is 34.3 Å². The number of halogens is 1. The van der Waals surface area contributed by atoms with Gasteiger partial charge in [-0.3, -0.25) is 9.59 Å². The minimum atomic E-state index is -1.95. The molecule has 4 rings (SSSR count). The van der Waals surface area contributed by atoms with Gasteiger partial charge in [0.15, 0.2) is 17.2 Å². The lowest BCUT2D eigenvalue weighted by Gasteiger charge is -2.62. The topological polar surface area (TPSA) is 101 Å². The second kappa shape index (κ2) is 5.83. The summed E-state index contributed by atoms with van der Waals surface area (Å²) < 4.78 is 16.9. The fourth-order valence-electron chi connectivity index (χ4n) is 7.30. The molecule has 8 atom stereocenters. The van der Waals surface area contributed by atoms with Crippen molar-refractivity contribution in [1.29, 1.82) is 0 Å². The van der Waals surface area contributed by atoms with Gasteiger partial charge in [0.1, 0.15) is 5.60 Å². The molecule has 154 valence electrons. The molecule has 0 aromatic heterocycles. The van der Waals surface area contributed by atoms with E-state index in [2.05, 4.69) is 0 Å². The van der Waals surface area contributed by atoms with Crippen LogP contribution in [0.25, 0.3) is 0 Å². The van der Waals surface area contributed by atoms with Crippen LogP contribution in [0.15, 0.2) is 23.8 Å². The van der Waals surface area contributed by atoms with Gasteiger partial charge in [0, 0.05) is 16.7 Å². The summed E-state index contributed by atoms with van der Waals surface area (Å²) >= 11 is 0. The maximum atomic E-state index is 16.9. The van der Waals surface area contributed by atoms with E-state index in [1.54, 1.807) is 13.0 Å². The summed E-state index contributed by atoms with van der Waals surface area (Å²) in [5, 5.41) is 22.6. The highest BCUT2D eigenvalue weighted by Crippen LogP contribution is 2.70. The van der Waals surface area contributed by atoms with Crippen LogP contribution in [-0.4, -0.2) is 45.7 Å². The second-order valence-corrected chi connectivity index (χ2v) is 9.80. The maximum absolute atomic E-state index is 16.9. The SMILES string of the molecule is CC1C[C@H]2[C@@H]3CCC4=CC(=O)C=C[C@]4(C)C3(F)C(O)C[C@]2(C)[C@@]1(O)C(=O)CN. The Kier molecular flexibility index (Phi) is 4.15. The zero-order valence-electron chi connectivity index (χ0n) is 16.7. The van der Waals surface area contributed by atoms with Crippen LogP contribution in [0.3, 0.4) is 0 Å². The minimum Gasteiger partial charge on any atom is -0.390 e. The van der Waals surface area contributed by atoms with Crippen LogP contribution < -0.4 is 5.73 Å². The van der Waals surface area contributed by atoms with Gasteiger partial charge in [-0.15, -0.1) is 0 Å². The van der Waals surface area contributed by atoms with Crippen molar-refractivity contribution < 1.29 is 24.2 Å². The summed E-state index contributed by atoms with van der Waals surface area (Å²) in [7, 11) is 0. The lowest BCUT2D eigenvalue weighted by Crippen LogP contribution is -2.69. The van der Waals surface area contributed by atoms with E-state index in [1.165, 1.54) is 12.2 Å². The Morgan fingerprint density at radius 3 is 2.68 bits per heavy atom. The van der Waals surface area contributed by atoms with Crippen molar-refractivity contribution in [3.63, 3.8) is 0 Å². The Morgan fingerprint density at radius 1 is 1.36 bits per heavy atom.